The van der Waals surface area contributed by atoms with Crippen LogP contribution in [-0.2, 0) is 13.0 Å². The fraction of sp³-hybridized carbons (Fsp3) is 0.429. The number of nitrogens with one attached hydrogen (secondary N) is 1. The lowest BCUT2D eigenvalue weighted by molar-refractivity contribution is 0.0733. The first-order valence-corrected chi connectivity index (χ1v) is 14.2. The van der Waals surface area contributed by atoms with Crippen LogP contribution in [-0.4, -0.2) is 61.2 Å². The van der Waals surface area contributed by atoms with Crippen molar-refractivity contribution < 1.29 is 9.21 Å². The number of halogens is 1. The Morgan fingerprint density at radius 2 is 1.95 bits per heavy atom. The Hall–Kier alpha value is -2.68. The molecule has 3 aromatic rings. The fourth-order valence-corrected chi connectivity index (χ4v) is 6.23. The Morgan fingerprint density at radius 3 is 2.65 bits per heavy atom. The van der Waals surface area contributed by atoms with Crippen molar-refractivity contribution in [3.8, 4) is 0 Å². The van der Waals surface area contributed by atoms with Gasteiger partial charge in [0.1, 0.15) is 5.58 Å². The SMILES string of the molecule is CSNc1ccc(C(=O)N2CCc3c(c(=O)oc4c(C)c(N5CCN(C)C(C)C5)cc(C)c34)C2)cc1Cl. The lowest BCUT2D eigenvalue weighted by Crippen LogP contribution is -2.50. The number of piperazine rings is 1. The van der Waals surface area contributed by atoms with Gasteiger partial charge in [0.25, 0.3) is 5.91 Å². The minimum Gasteiger partial charge on any atom is -0.422 e. The summed E-state index contributed by atoms with van der Waals surface area (Å²) >= 11 is 7.80. The number of hydrogen-bond donors (Lipinski definition) is 1. The van der Waals surface area contributed by atoms with Gasteiger partial charge in [-0.05, 0) is 69.6 Å². The number of anilines is 2. The lowest BCUT2D eigenvalue weighted by atomic mass is 9.92. The van der Waals surface area contributed by atoms with E-state index in [-0.39, 0.29) is 18.1 Å². The summed E-state index contributed by atoms with van der Waals surface area (Å²) in [5.41, 5.74) is 6.40. The largest absolute Gasteiger partial charge is 0.422 e. The van der Waals surface area contributed by atoms with Crippen LogP contribution in [0.25, 0.3) is 11.0 Å². The third-order valence-corrected chi connectivity index (χ3v) is 8.54. The zero-order valence-corrected chi connectivity index (χ0v) is 23.6. The maximum Gasteiger partial charge on any atom is 0.341 e. The van der Waals surface area contributed by atoms with Gasteiger partial charge in [-0.2, -0.15) is 0 Å². The first-order chi connectivity index (χ1) is 17.7. The highest BCUT2D eigenvalue weighted by Crippen LogP contribution is 2.36. The molecule has 9 heteroatoms. The first-order valence-electron chi connectivity index (χ1n) is 12.6. The molecule has 7 nitrogen and oxygen atoms in total. The van der Waals surface area contributed by atoms with Gasteiger partial charge >= 0.3 is 5.63 Å². The van der Waals surface area contributed by atoms with Crippen LogP contribution in [0.1, 0.15) is 39.5 Å². The third kappa shape index (κ3) is 4.71. The van der Waals surface area contributed by atoms with Crippen molar-refractivity contribution in [3.63, 3.8) is 0 Å². The molecule has 1 unspecified atom stereocenters. The highest BCUT2D eigenvalue weighted by atomic mass is 35.5. The van der Waals surface area contributed by atoms with Crippen LogP contribution in [0.5, 0.6) is 0 Å². The number of nitrogens with zero attached hydrogens (tertiary/aromatic N) is 3. The Kier molecular flexibility index (Phi) is 7.18. The molecule has 5 rings (SSSR count). The number of likely N-dealkylation sites (N-methyl/N-ethyl adjacent to an activating group) is 1. The third-order valence-electron chi connectivity index (χ3n) is 7.80. The number of aryl methyl sites for hydroxylation is 2. The molecular formula is C28H33ClN4O3S. The van der Waals surface area contributed by atoms with Gasteiger partial charge in [-0.3, -0.25) is 4.79 Å². The van der Waals surface area contributed by atoms with Gasteiger partial charge in [-0.15, -0.1) is 0 Å². The molecule has 1 fully saturated rings. The van der Waals surface area contributed by atoms with Gasteiger partial charge < -0.3 is 23.8 Å². The van der Waals surface area contributed by atoms with Gasteiger partial charge in [0, 0.05) is 60.7 Å². The summed E-state index contributed by atoms with van der Waals surface area (Å²) in [7, 11) is 2.16. The monoisotopic (exact) mass is 540 g/mol. The summed E-state index contributed by atoms with van der Waals surface area (Å²) in [6, 6.07) is 7.93. The molecule has 0 spiro atoms. The number of hydrogen-bond acceptors (Lipinski definition) is 7. The van der Waals surface area contributed by atoms with Gasteiger partial charge in [0.05, 0.1) is 22.8 Å². The second-order valence-electron chi connectivity index (χ2n) is 10.1. The maximum atomic E-state index is 13.3. The van der Waals surface area contributed by atoms with Crippen molar-refractivity contribution in [1.29, 1.82) is 0 Å². The normalized spacial score (nSPS) is 18.3. The van der Waals surface area contributed by atoms with E-state index in [4.69, 9.17) is 16.0 Å². The number of rotatable bonds is 4. The second kappa shape index (κ2) is 10.2. The van der Waals surface area contributed by atoms with E-state index >= 15 is 0 Å². The van der Waals surface area contributed by atoms with Gasteiger partial charge in [-0.1, -0.05) is 23.5 Å². The van der Waals surface area contributed by atoms with E-state index in [2.05, 4.69) is 41.5 Å². The number of fused-ring (bicyclic) bond motifs is 3. The van der Waals surface area contributed by atoms with Crippen LogP contribution in [0.4, 0.5) is 11.4 Å². The van der Waals surface area contributed by atoms with Crippen molar-refractivity contribution in [1.82, 2.24) is 9.80 Å². The van der Waals surface area contributed by atoms with Crippen LogP contribution >= 0.6 is 23.5 Å². The van der Waals surface area contributed by atoms with E-state index in [0.717, 1.165) is 53.1 Å². The van der Waals surface area contributed by atoms with Crippen LogP contribution in [0.2, 0.25) is 5.02 Å². The summed E-state index contributed by atoms with van der Waals surface area (Å²) in [6.45, 7) is 10.0. The Labute approximate surface area is 226 Å². The van der Waals surface area contributed by atoms with Crippen LogP contribution in [0.3, 0.4) is 0 Å². The van der Waals surface area contributed by atoms with Crippen molar-refractivity contribution in [2.24, 2.45) is 0 Å². The highest BCUT2D eigenvalue weighted by Gasteiger charge is 2.29. The van der Waals surface area contributed by atoms with E-state index in [1.165, 1.54) is 11.9 Å². The van der Waals surface area contributed by atoms with Crippen LogP contribution in [0.15, 0.2) is 33.5 Å². The minimum atomic E-state index is -0.357. The quantitative estimate of drug-likeness (QED) is 0.365. The average Bonchev–Trinajstić information content (AvgIpc) is 2.88. The standard InChI is InChI=1S/C28H33ClN4O3S/c1-16-12-24(32-11-10-31(4)17(2)14-32)18(3)26-25(16)20-8-9-33(15-21(20)28(35)36-26)27(34)19-6-7-23(30-37-5)22(29)13-19/h6-7,12-13,17,30H,8-11,14-15H2,1-5H3. The number of carbonyl (C=O) groups excluding carboxylic acids is 1. The highest BCUT2D eigenvalue weighted by molar-refractivity contribution is 7.99. The molecule has 1 aromatic heterocycles. The molecule has 1 saturated heterocycles. The molecule has 196 valence electrons. The molecule has 0 saturated carbocycles. The van der Waals surface area contributed by atoms with Gasteiger partial charge in [0.15, 0.2) is 0 Å². The smallest absolute Gasteiger partial charge is 0.341 e. The number of amides is 1. The molecule has 0 radical (unpaired) electrons. The van der Waals surface area contributed by atoms with E-state index < -0.39 is 0 Å². The zero-order valence-electron chi connectivity index (χ0n) is 22.0. The fourth-order valence-electron chi connectivity index (χ4n) is 5.54. The summed E-state index contributed by atoms with van der Waals surface area (Å²) in [5, 5.41) is 1.50. The van der Waals surface area contributed by atoms with Crippen molar-refractivity contribution >= 4 is 51.8 Å². The van der Waals surface area contributed by atoms with Crippen LogP contribution in [0, 0.1) is 13.8 Å². The Bertz CT molecular complexity index is 1440. The molecule has 1 N–H and O–H groups in total. The number of benzene rings is 2. The predicted molar refractivity (Wildman–Crippen MR) is 153 cm³/mol. The molecule has 2 aliphatic heterocycles. The van der Waals surface area contributed by atoms with Crippen molar-refractivity contribution in [2.45, 2.75) is 39.8 Å². The van der Waals surface area contributed by atoms with E-state index in [9.17, 15) is 9.59 Å². The summed E-state index contributed by atoms with van der Waals surface area (Å²) in [6.07, 6.45) is 2.51. The Morgan fingerprint density at radius 1 is 1.16 bits per heavy atom. The van der Waals surface area contributed by atoms with Gasteiger partial charge in [0.2, 0.25) is 0 Å². The van der Waals surface area contributed by atoms with Gasteiger partial charge in [-0.25, -0.2) is 4.79 Å². The number of carbonyl (C=O) groups is 1. The second-order valence-corrected chi connectivity index (χ2v) is 11.2. The molecular weight excluding hydrogens is 508 g/mol. The molecule has 1 amide bonds. The molecule has 37 heavy (non-hydrogen) atoms. The Balaban J connectivity index is 1.48. The van der Waals surface area contributed by atoms with Crippen molar-refractivity contribution in [3.05, 3.63) is 67.5 Å². The molecule has 1 atom stereocenters. The average molecular weight is 541 g/mol. The minimum absolute atomic E-state index is 0.143. The maximum absolute atomic E-state index is 13.3. The van der Waals surface area contributed by atoms with E-state index in [1.54, 1.807) is 23.1 Å². The first kappa shape index (κ1) is 25.9. The molecule has 3 heterocycles. The summed E-state index contributed by atoms with van der Waals surface area (Å²) < 4.78 is 9.08. The lowest BCUT2D eigenvalue weighted by Gasteiger charge is -2.40. The van der Waals surface area contributed by atoms with Crippen molar-refractivity contribution in [2.75, 3.05) is 49.1 Å². The summed E-state index contributed by atoms with van der Waals surface area (Å²) in [5.74, 6) is -0.143. The molecule has 0 aliphatic carbocycles. The summed E-state index contributed by atoms with van der Waals surface area (Å²) in [4.78, 5) is 33.0. The topological polar surface area (TPSA) is 69.0 Å². The molecule has 0 bridgehead atoms. The molecule has 2 aliphatic rings. The van der Waals surface area contributed by atoms with Crippen LogP contribution < -0.4 is 15.2 Å². The zero-order chi connectivity index (χ0) is 26.4. The van der Waals surface area contributed by atoms with E-state index in [1.807, 2.05) is 13.2 Å². The molecule has 2 aromatic carbocycles. The predicted octanol–water partition coefficient (Wildman–Crippen LogP) is 5.09. The van der Waals surface area contributed by atoms with E-state index in [0.29, 0.717) is 40.7 Å².